The Hall–Kier alpha value is -1.30. The van der Waals surface area contributed by atoms with Crippen molar-refractivity contribution >= 4 is 18.3 Å². The van der Waals surface area contributed by atoms with E-state index in [0.29, 0.717) is 12.0 Å². The van der Waals surface area contributed by atoms with E-state index in [1.165, 1.54) is 25.7 Å². The van der Waals surface area contributed by atoms with E-state index in [4.69, 9.17) is 4.74 Å². The van der Waals surface area contributed by atoms with E-state index in [9.17, 15) is 9.90 Å². The number of benzene rings is 1. The number of rotatable bonds is 6. The van der Waals surface area contributed by atoms with Crippen LogP contribution in [0.5, 0.6) is 5.75 Å². The summed E-state index contributed by atoms with van der Waals surface area (Å²) in [5.41, 5.74) is 0.756. The summed E-state index contributed by atoms with van der Waals surface area (Å²) in [4.78, 5) is 12.4. The van der Waals surface area contributed by atoms with Gasteiger partial charge in [0.15, 0.2) is 0 Å². The normalized spacial score (nSPS) is 25.9. The molecule has 4 unspecified atom stereocenters. The molecule has 0 spiro atoms. The van der Waals surface area contributed by atoms with Gasteiger partial charge in [0.25, 0.3) is 0 Å². The van der Waals surface area contributed by atoms with Gasteiger partial charge in [-0.1, -0.05) is 25.0 Å². The van der Waals surface area contributed by atoms with Crippen LogP contribution in [0.2, 0.25) is 0 Å². The molecule has 1 amide bonds. The molecule has 1 saturated heterocycles. The van der Waals surface area contributed by atoms with Crippen molar-refractivity contribution in [1.29, 1.82) is 0 Å². The van der Waals surface area contributed by atoms with Crippen LogP contribution in [0.15, 0.2) is 24.3 Å². The molecule has 3 N–H and O–H groups in total. The fourth-order valence-corrected chi connectivity index (χ4v) is 4.03. The second kappa shape index (κ2) is 9.58. The first-order valence-corrected chi connectivity index (χ1v) is 9.51. The molecule has 3 rings (SSSR count). The molecule has 146 valence electrons. The summed E-state index contributed by atoms with van der Waals surface area (Å²) < 4.78 is 5.66. The first-order chi connectivity index (χ1) is 12.0. The monoisotopic (exact) mass is 382 g/mol. The van der Waals surface area contributed by atoms with Gasteiger partial charge >= 0.3 is 0 Å². The van der Waals surface area contributed by atoms with Gasteiger partial charge in [-0.2, -0.15) is 0 Å². The van der Waals surface area contributed by atoms with Crippen LogP contribution in [0, 0.1) is 5.92 Å². The van der Waals surface area contributed by atoms with Crippen molar-refractivity contribution in [3.63, 3.8) is 0 Å². The van der Waals surface area contributed by atoms with Crippen LogP contribution in [0.4, 0.5) is 0 Å². The fourth-order valence-electron chi connectivity index (χ4n) is 4.03. The number of nitrogens with one attached hydrogen (secondary N) is 2. The number of fused-ring (bicyclic) bond motifs is 1. The van der Waals surface area contributed by atoms with Crippen molar-refractivity contribution in [3.8, 4) is 5.75 Å². The van der Waals surface area contributed by atoms with Crippen LogP contribution in [-0.4, -0.2) is 35.7 Å². The fraction of sp³-hybridized carbons (Fsp3) is 0.650. The molecule has 1 heterocycles. The van der Waals surface area contributed by atoms with Gasteiger partial charge in [0.1, 0.15) is 5.75 Å². The lowest BCUT2D eigenvalue weighted by atomic mass is 9.85. The number of ether oxygens (including phenoxy) is 1. The van der Waals surface area contributed by atoms with Crippen molar-refractivity contribution in [1.82, 2.24) is 10.6 Å². The number of carbonyl (C=O) groups excluding carboxylic acids is 1. The summed E-state index contributed by atoms with van der Waals surface area (Å²) in [7, 11) is 0. The molecule has 0 aromatic heterocycles. The predicted octanol–water partition coefficient (Wildman–Crippen LogP) is 2.97. The predicted molar refractivity (Wildman–Crippen MR) is 105 cm³/mol. The maximum atomic E-state index is 12.4. The lowest BCUT2D eigenvalue weighted by molar-refractivity contribution is -0.123. The lowest BCUT2D eigenvalue weighted by Crippen LogP contribution is -2.44. The summed E-state index contributed by atoms with van der Waals surface area (Å²) >= 11 is 0. The van der Waals surface area contributed by atoms with Gasteiger partial charge in [-0.25, -0.2) is 0 Å². The van der Waals surface area contributed by atoms with Gasteiger partial charge in [-0.15, -0.1) is 12.4 Å². The van der Waals surface area contributed by atoms with E-state index in [1.54, 1.807) is 0 Å². The molecule has 5 nitrogen and oxygen atoms in total. The standard InChI is InChI=1S/C20H30N2O3.ClH/c1-13(2)25-16-8-5-7-15(10-16)19(23)12-21-20(24)18-11-14-6-3-4-9-17(14)22-18;/h5,7-8,10,13-14,17-19,22-23H,3-4,6,9,11-12H2,1-2H3,(H,21,24);1H. The number of hydrogen-bond donors (Lipinski definition) is 3. The first-order valence-electron chi connectivity index (χ1n) is 9.51. The zero-order valence-electron chi connectivity index (χ0n) is 15.6. The highest BCUT2D eigenvalue weighted by Crippen LogP contribution is 2.33. The largest absolute Gasteiger partial charge is 0.491 e. The third kappa shape index (κ3) is 5.35. The highest BCUT2D eigenvalue weighted by atomic mass is 35.5. The minimum absolute atomic E-state index is 0. The van der Waals surface area contributed by atoms with Gasteiger partial charge in [0.05, 0.1) is 18.2 Å². The summed E-state index contributed by atoms with van der Waals surface area (Å²) in [6.45, 7) is 4.16. The van der Waals surface area contributed by atoms with E-state index in [0.717, 1.165) is 17.7 Å². The topological polar surface area (TPSA) is 70.6 Å². The van der Waals surface area contributed by atoms with E-state index in [-0.39, 0.29) is 37.0 Å². The highest BCUT2D eigenvalue weighted by molar-refractivity contribution is 5.85. The van der Waals surface area contributed by atoms with Crippen LogP contribution < -0.4 is 15.4 Å². The Morgan fingerprint density at radius 1 is 1.35 bits per heavy atom. The Bertz CT molecular complexity index is 582. The number of carbonyl (C=O) groups is 1. The van der Waals surface area contributed by atoms with Gasteiger partial charge < -0.3 is 20.5 Å². The molecule has 1 aliphatic heterocycles. The summed E-state index contributed by atoms with van der Waals surface area (Å²) in [5, 5.41) is 16.8. The number of aliphatic hydroxyl groups excluding tert-OH is 1. The maximum absolute atomic E-state index is 12.4. The van der Waals surface area contributed by atoms with Crippen molar-refractivity contribution < 1.29 is 14.6 Å². The van der Waals surface area contributed by atoms with Gasteiger partial charge in [0, 0.05) is 12.6 Å². The molecule has 2 aliphatic rings. The first kappa shape index (κ1) is 21.0. The van der Waals surface area contributed by atoms with E-state index < -0.39 is 6.10 Å². The average molecular weight is 383 g/mol. The third-order valence-electron chi connectivity index (χ3n) is 5.26. The van der Waals surface area contributed by atoms with E-state index in [1.807, 2.05) is 38.1 Å². The van der Waals surface area contributed by atoms with Crippen molar-refractivity contribution in [2.45, 2.75) is 70.2 Å². The Kier molecular flexibility index (Phi) is 7.74. The molecule has 1 aromatic carbocycles. The maximum Gasteiger partial charge on any atom is 0.237 e. The molecule has 26 heavy (non-hydrogen) atoms. The van der Waals surface area contributed by atoms with Crippen LogP contribution in [-0.2, 0) is 4.79 Å². The minimum atomic E-state index is -0.733. The van der Waals surface area contributed by atoms with Gasteiger partial charge in [-0.05, 0) is 56.7 Å². The highest BCUT2D eigenvalue weighted by Gasteiger charge is 2.38. The molecule has 1 aliphatic carbocycles. The van der Waals surface area contributed by atoms with Crippen LogP contribution >= 0.6 is 12.4 Å². The molecule has 0 radical (unpaired) electrons. The van der Waals surface area contributed by atoms with Gasteiger partial charge in [-0.3, -0.25) is 4.79 Å². The summed E-state index contributed by atoms with van der Waals surface area (Å²) in [5.74, 6) is 1.38. The zero-order chi connectivity index (χ0) is 17.8. The summed E-state index contributed by atoms with van der Waals surface area (Å²) in [6, 6.07) is 7.81. The molecule has 1 saturated carbocycles. The smallest absolute Gasteiger partial charge is 0.237 e. The molecule has 2 fully saturated rings. The molecule has 6 heteroatoms. The van der Waals surface area contributed by atoms with Crippen molar-refractivity contribution in [2.75, 3.05) is 6.54 Å². The number of aliphatic hydroxyl groups is 1. The molecular weight excluding hydrogens is 352 g/mol. The second-order valence-electron chi connectivity index (χ2n) is 7.61. The van der Waals surface area contributed by atoms with Crippen LogP contribution in [0.1, 0.15) is 57.6 Å². The number of amides is 1. The van der Waals surface area contributed by atoms with Crippen molar-refractivity contribution in [3.05, 3.63) is 29.8 Å². The third-order valence-corrected chi connectivity index (χ3v) is 5.26. The molecule has 4 atom stereocenters. The summed E-state index contributed by atoms with van der Waals surface area (Å²) in [6.07, 6.45) is 5.23. The molecular formula is C20H31ClN2O3. The Labute approximate surface area is 162 Å². The molecule has 1 aromatic rings. The number of hydrogen-bond acceptors (Lipinski definition) is 4. The van der Waals surface area contributed by atoms with E-state index in [2.05, 4.69) is 10.6 Å². The van der Waals surface area contributed by atoms with E-state index >= 15 is 0 Å². The van der Waals surface area contributed by atoms with Gasteiger partial charge in [0.2, 0.25) is 5.91 Å². The van der Waals surface area contributed by atoms with Crippen LogP contribution in [0.25, 0.3) is 0 Å². The second-order valence-corrected chi connectivity index (χ2v) is 7.61. The average Bonchev–Trinajstić information content (AvgIpc) is 3.03. The minimum Gasteiger partial charge on any atom is -0.491 e. The molecule has 0 bridgehead atoms. The lowest BCUT2D eigenvalue weighted by Gasteiger charge is -2.24. The Morgan fingerprint density at radius 3 is 2.85 bits per heavy atom. The SMILES string of the molecule is CC(C)Oc1cccc(C(O)CNC(=O)C2CC3CCCCC3N2)c1.Cl. The van der Waals surface area contributed by atoms with Crippen molar-refractivity contribution in [2.24, 2.45) is 5.92 Å². The Balaban J connectivity index is 0.00000243. The van der Waals surface area contributed by atoms with Crippen LogP contribution in [0.3, 0.4) is 0 Å². The Morgan fingerprint density at radius 2 is 2.12 bits per heavy atom. The number of halogens is 1. The quantitative estimate of drug-likeness (QED) is 0.707. The zero-order valence-corrected chi connectivity index (χ0v) is 16.4.